The molecule has 2 N–H and O–H groups in total. The summed E-state index contributed by atoms with van der Waals surface area (Å²) in [7, 11) is 0. The van der Waals surface area contributed by atoms with Gasteiger partial charge in [0.2, 0.25) is 11.8 Å². The molecule has 0 saturated carbocycles. The van der Waals surface area contributed by atoms with Crippen LogP contribution in [0.4, 0.5) is 0 Å². The number of aliphatic carboxylic acids is 1. The van der Waals surface area contributed by atoms with Crippen LogP contribution in [0.15, 0.2) is 36.9 Å². The summed E-state index contributed by atoms with van der Waals surface area (Å²) in [5.74, 6) is -4.14. The van der Waals surface area contributed by atoms with Crippen molar-refractivity contribution in [1.29, 1.82) is 0 Å². The number of rotatable bonds is 10. The second-order valence-electron chi connectivity index (χ2n) is 11.8. The molecule has 1 spiro atoms. The Morgan fingerprint density at radius 3 is 2.69 bits per heavy atom. The Bertz CT molecular complexity index is 1310. The van der Waals surface area contributed by atoms with Crippen molar-refractivity contribution in [2.24, 2.45) is 23.7 Å². The molecule has 7 atom stereocenters. The molecule has 4 heterocycles. The van der Waals surface area contributed by atoms with Crippen molar-refractivity contribution in [2.75, 3.05) is 13.2 Å². The van der Waals surface area contributed by atoms with Gasteiger partial charge in [-0.15, -0.1) is 11.7 Å². The number of aliphatic hydroxyl groups is 1. The third-order valence-corrected chi connectivity index (χ3v) is 8.99. The van der Waals surface area contributed by atoms with Crippen LogP contribution in [0.5, 0.6) is 0 Å². The van der Waals surface area contributed by atoms with E-state index in [0.717, 1.165) is 5.52 Å². The van der Waals surface area contributed by atoms with Crippen LogP contribution in [0, 0.1) is 23.7 Å². The summed E-state index contributed by atoms with van der Waals surface area (Å²) < 4.78 is 8.20. The third kappa shape index (κ3) is 3.97. The number of carboxylic acids is 1. The first kappa shape index (κ1) is 27.3. The van der Waals surface area contributed by atoms with Crippen LogP contribution in [0.25, 0.3) is 11.0 Å². The highest BCUT2D eigenvalue weighted by Gasteiger charge is 2.80. The fraction of sp³-hybridized carbons (Fsp3) is 0.607. The van der Waals surface area contributed by atoms with Gasteiger partial charge >= 0.3 is 5.97 Å². The smallest absolute Gasteiger partial charge is 0.310 e. The summed E-state index contributed by atoms with van der Waals surface area (Å²) in [5.41, 5.74) is -0.983. The Balaban J connectivity index is 1.61. The Labute approximate surface area is 227 Å². The van der Waals surface area contributed by atoms with Crippen LogP contribution in [-0.2, 0) is 25.8 Å². The van der Waals surface area contributed by atoms with Crippen LogP contribution in [0.2, 0.25) is 0 Å². The van der Waals surface area contributed by atoms with Gasteiger partial charge in [0.15, 0.2) is 0 Å². The number of aromatic nitrogens is 3. The van der Waals surface area contributed by atoms with E-state index in [9.17, 15) is 24.6 Å². The number of likely N-dealkylation sites (tertiary alicyclic amines) is 1. The summed E-state index contributed by atoms with van der Waals surface area (Å²) in [6.07, 6.45) is 2.42. The number of carboxylic acid groups (broad SMARTS) is 1. The highest BCUT2D eigenvalue weighted by Crippen LogP contribution is 2.65. The molecule has 11 heteroatoms. The van der Waals surface area contributed by atoms with Crippen molar-refractivity contribution < 1.29 is 29.3 Å². The van der Waals surface area contributed by atoms with Gasteiger partial charge in [-0.3, -0.25) is 14.4 Å². The summed E-state index contributed by atoms with van der Waals surface area (Å²) in [6.45, 7) is 11.3. The molecule has 39 heavy (non-hydrogen) atoms. The lowest BCUT2D eigenvalue weighted by molar-refractivity contribution is -0.161. The number of hydrogen-bond acceptors (Lipinski definition) is 7. The number of ether oxygens (including phenoxy) is 1. The lowest BCUT2D eigenvalue weighted by Crippen LogP contribution is -2.59. The van der Waals surface area contributed by atoms with Gasteiger partial charge in [0.05, 0.1) is 29.7 Å². The topological polar surface area (TPSA) is 138 Å². The minimum atomic E-state index is -1.32. The van der Waals surface area contributed by atoms with E-state index < -0.39 is 52.9 Å². The number of benzene rings is 1. The fourth-order valence-electron chi connectivity index (χ4n) is 7.28. The standard InChI is InChI=1S/C28H37N5O6/c1-6-11-31(15-32-20-10-8-7-9-19(20)29-30-32)25(36)23-28-13-17(4)27(5,39-28)22(26(37)38)21(28)24(35)33(23)18(14-34)12-16(2)3/h6-10,16-18,21-23,34H,1,11-15H2,2-5H3,(H,37,38)/t17?,18-,21+,22+,23?,27-,28?/m1/s1. The van der Waals surface area contributed by atoms with Gasteiger partial charge in [-0.1, -0.05) is 44.2 Å². The minimum Gasteiger partial charge on any atom is -0.481 e. The maximum Gasteiger partial charge on any atom is 0.310 e. The van der Waals surface area contributed by atoms with Crippen molar-refractivity contribution >= 4 is 28.8 Å². The number of carbonyl (C=O) groups is 3. The second kappa shape index (κ2) is 9.71. The molecule has 11 nitrogen and oxygen atoms in total. The Morgan fingerprint density at radius 2 is 2.05 bits per heavy atom. The predicted octanol–water partition coefficient (Wildman–Crippen LogP) is 1.91. The van der Waals surface area contributed by atoms with Gasteiger partial charge in [-0.2, -0.15) is 0 Å². The molecule has 5 rings (SSSR count). The minimum absolute atomic E-state index is 0.0494. The zero-order valence-corrected chi connectivity index (χ0v) is 22.9. The molecular weight excluding hydrogens is 502 g/mol. The zero-order chi connectivity index (χ0) is 28.3. The largest absolute Gasteiger partial charge is 0.481 e. The molecule has 3 unspecified atom stereocenters. The molecule has 2 amide bonds. The molecular formula is C28H37N5O6. The molecule has 1 aromatic carbocycles. The summed E-state index contributed by atoms with van der Waals surface area (Å²) in [6, 6.07) is 5.64. The predicted molar refractivity (Wildman–Crippen MR) is 141 cm³/mol. The number of fused-ring (bicyclic) bond motifs is 2. The van der Waals surface area contributed by atoms with Gasteiger partial charge in [0, 0.05) is 6.54 Å². The number of amides is 2. The average Bonchev–Trinajstić information content (AvgIpc) is 3.55. The maximum atomic E-state index is 14.6. The van der Waals surface area contributed by atoms with E-state index in [2.05, 4.69) is 16.9 Å². The fourth-order valence-corrected chi connectivity index (χ4v) is 7.28. The summed E-state index contributed by atoms with van der Waals surface area (Å²) >= 11 is 0. The van der Waals surface area contributed by atoms with Crippen LogP contribution in [-0.4, -0.2) is 89.2 Å². The van der Waals surface area contributed by atoms with Crippen LogP contribution in [0.3, 0.4) is 0 Å². The van der Waals surface area contributed by atoms with Gasteiger partial charge in [0.25, 0.3) is 0 Å². The molecule has 2 aromatic rings. The first-order chi connectivity index (χ1) is 18.5. The van der Waals surface area contributed by atoms with Gasteiger partial charge in [-0.25, -0.2) is 4.68 Å². The first-order valence-electron chi connectivity index (χ1n) is 13.5. The monoisotopic (exact) mass is 539 g/mol. The first-order valence-corrected chi connectivity index (χ1v) is 13.5. The molecule has 210 valence electrons. The lowest BCUT2D eigenvalue weighted by atomic mass is 9.62. The van der Waals surface area contributed by atoms with Crippen molar-refractivity contribution in [3.8, 4) is 0 Å². The van der Waals surface area contributed by atoms with Gasteiger partial charge in [-0.05, 0) is 43.7 Å². The average molecular weight is 540 g/mol. The third-order valence-electron chi connectivity index (χ3n) is 8.99. The van der Waals surface area contributed by atoms with E-state index in [0.29, 0.717) is 18.4 Å². The molecule has 3 aliphatic heterocycles. The van der Waals surface area contributed by atoms with E-state index in [1.807, 2.05) is 45.0 Å². The van der Waals surface area contributed by atoms with Crippen LogP contribution >= 0.6 is 0 Å². The van der Waals surface area contributed by atoms with E-state index in [1.54, 1.807) is 17.7 Å². The van der Waals surface area contributed by atoms with Crippen molar-refractivity contribution in [3.63, 3.8) is 0 Å². The number of carbonyl (C=O) groups excluding carboxylic acids is 2. The molecule has 0 radical (unpaired) electrons. The number of aliphatic hydroxyl groups excluding tert-OH is 1. The second-order valence-corrected chi connectivity index (χ2v) is 11.8. The zero-order valence-electron chi connectivity index (χ0n) is 22.9. The highest BCUT2D eigenvalue weighted by atomic mass is 16.5. The Morgan fingerprint density at radius 1 is 1.33 bits per heavy atom. The SMILES string of the molecule is C=CCN(Cn1nnc2ccccc21)C(=O)C1N([C@@H](CO)CC(C)C)C(=O)[C@@H]2[C@@H](C(=O)O)[C@]3(C)OC12CC3C. The van der Waals surface area contributed by atoms with Crippen molar-refractivity contribution in [1.82, 2.24) is 24.8 Å². The summed E-state index contributed by atoms with van der Waals surface area (Å²) in [5, 5.41) is 29.1. The molecule has 1 aromatic heterocycles. The quantitative estimate of drug-likeness (QED) is 0.437. The van der Waals surface area contributed by atoms with E-state index in [-0.39, 0.29) is 31.7 Å². The van der Waals surface area contributed by atoms with Crippen molar-refractivity contribution in [3.05, 3.63) is 36.9 Å². The lowest BCUT2D eigenvalue weighted by Gasteiger charge is -2.39. The molecule has 2 bridgehead atoms. The molecule has 3 fully saturated rings. The Kier molecular flexibility index (Phi) is 6.79. The molecule has 3 aliphatic rings. The molecule has 3 saturated heterocycles. The van der Waals surface area contributed by atoms with Gasteiger partial charge < -0.3 is 24.7 Å². The van der Waals surface area contributed by atoms with Gasteiger partial charge in [0.1, 0.15) is 29.7 Å². The number of nitrogens with zero attached hydrogens (tertiary/aromatic N) is 5. The van der Waals surface area contributed by atoms with E-state index in [1.165, 1.54) is 9.80 Å². The van der Waals surface area contributed by atoms with Crippen LogP contribution < -0.4 is 0 Å². The maximum absolute atomic E-state index is 14.6. The molecule has 0 aliphatic carbocycles. The number of para-hydroxylation sites is 1. The number of hydrogen-bond donors (Lipinski definition) is 2. The normalized spacial score (nSPS) is 32.2. The Hall–Kier alpha value is -3.31. The van der Waals surface area contributed by atoms with E-state index >= 15 is 0 Å². The summed E-state index contributed by atoms with van der Waals surface area (Å²) in [4.78, 5) is 44.3. The van der Waals surface area contributed by atoms with E-state index in [4.69, 9.17) is 4.74 Å². The highest BCUT2D eigenvalue weighted by molar-refractivity contribution is 5.98. The van der Waals surface area contributed by atoms with Crippen molar-refractivity contribution in [2.45, 2.75) is 70.5 Å². The van der Waals surface area contributed by atoms with Crippen LogP contribution in [0.1, 0.15) is 40.5 Å².